The summed E-state index contributed by atoms with van der Waals surface area (Å²) >= 11 is 0. The number of amides is 1. The van der Waals surface area contributed by atoms with Crippen LogP contribution in [-0.4, -0.2) is 23.0 Å². The maximum atomic E-state index is 11.7. The second-order valence-corrected chi connectivity index (χ2v) is 4.42. The van der Waals surface area contributed by atoms with Crippen LogP contribution in [0.25, 0.3) is 11.1 Å². The molecule has 2 N–H and O–H groups in total. The lowest BCUT2D eigenvalue weighted by molar-refractivity contribution is -0.155. The Labute approximate surface area is 126 Å². The monoisotopic (exact) mass is 299 g/mol. The first-order chi connectivity index (χ1) is 10.6. The molecule has 1 amide bonds. The van der Waals surface area contributed by atoms with Crippen molar-refractivity contribution in [1.29, 1.82) is 0 Å². The average molecular weight is 299 g/mol. The van der Waals surface area contributed by atoms with Crippen molar-refractivity contribution < 1.29 is 24.3 Å². The lowest BCUT2D eigenvalue weighted by atomic mass is 10.0. The molecule has 0 aliphatic heterocycles. The predicted octanol–water partition coefficient (Wildman–Crippen LogP) is 2.02. The van der Waals surface area contributed by atoms with Gasteiger partial charge in [-0.3, -0.25) is 9.59 Å². The van der Waals surface area contributed by atoms with E-state index in [0.717, 1.165) is 11.1 Å². The molecule has 0 aliphatic carbocycles. The van der Waals surface area contributed by atoms with Crippen molar-refractivity contribution in [2.75, 3.05) is 0 Å². The predicted molar refractivity (Wildman–Crippen MR) is 77.7 cm³/mol. The van der Waals surface area contributed by atoms with Crippen LogP contribution in [0.1, 0.15) is 16.8 Å². The summed E-state index contributed by atoms with van der Waals surface area (Å²) in [6.45, 7) is 0. The third-order valence-corrected chi connectivity index (χ3v) is 2.81. The van der Waals surface area contributed by atoms with E-state index in [9.17, 15) is 14.4 Å². The van der Waals surface area contributed by atoms with Crippen LogP contribution >= 0.6 is 0 Å². The fourth-order valence-corrected chi connectivity index (χ4v) is 1.77. The Kier molecular flexibility index (Phi) is 4.87. The zero-order chi connectivity index (χ0) is 15.9. The topological polar surface area (TPSA) is 92.7 Å². The number of aliphatic carboxylic acids is 1. The molecular formula is C16H13NO5. The van der Waals surface area contributed by atoms with Gasteiger partial charge >= 0.3 is 11.9 Å². The number of hydrogen-bond donors (Lipinski definition) is 2. The van der Waals surface area contributed by atoms with Gasteiger partial charge in [0, 0.05) is 5.56 Å². The molecule has 0 unspecified atom stereocenters. The molecule has 6 heteroatoms. The highest BCUT2D eigenvalue weighted by atomic mass is 16.7. The largest absolute Gasteiger partial charge is 0.481 e. The summed E-state index contributed by atoms with van der Waals surface area (Å²) in [7, 11) is 0. The van der Waals surface area contributed by atoms with Crippen LogP contribution in [0.3, 0.4) is 0 Å². The smallest absolute Gasteiger partial charge is 0.343 e. The third kappa shape index (κ3) is 4.17. The van der Waals surface area contributed by atoms with E-state index in [2.05, 4.69) is 4.84 Å². The Morgan fingerprint density at radius 3 is 2.09 bits per heavy atom. The van der Waals surface area contributed by atoms with Gasteiger partial charge in [0.25, 0.3) is 5.91 Å². The molecule has 6 nitrogen and oxygen atoms in total. The molecule has 2 aromatic rings. The molecule has 0 atom stereocenters. The van der Waals surface area contributed by atoms with Gasteiger partial charge in [-0.05, 0) is 23.3 Å². The fraction of sp³-hybridized carbons (Fsp3) is 0.0625. The van der Waals surface area contributed by atoms with E-state index >= 15 is 0 Å². The second-order valence-electron chi connectivity index (χ2n) is 4.42. The first-order valence-corrected chi connectivity index (χ1v) is 6.43. The molecule has 0 saturated carbocycles. The third-order valence-electron chi connectivity index (χ3n) is 2.81. The van der Waals surface area contributed by atoms with Gasteiger partial charge in [-0.25, -0.2) is 4.79 Å². The minimum atomic E-state index is -1.33. The summed E-state index contributed by atoms with van der Waals surface area (Å²) < 4.78 is 0. The van der Waals surface area contributed by atoms with Gasteiger partial charge in [-0.2, -0.15) is 5.48 Å². The zero-order valence-electron chi connectivity index (χ0n) is 11.5. The number of nitrogens with one attached hydrogen (secondary N) is 1. The van der Waals surface area contributed by atoms with Crippen molar-refractivity contribution >= 4 is 17.8 Å². The maximum Gasteiger partial charge on any atom is 0.343 e. The molecule has 0 heterocycles. The number of benzene rings is 2. The van der Waals surface area contributed by atoms with Crippen LogP contribution in [0.2, 0.25) is 0 Å². The van der Waals surface area contributed by atoms with Crippen LogP contribution in [0.4, 0.5) is 0 Å². The van der Waals surface area contributed by atoms with Gasteiger partial charge < -0.3 is 9.94 Å². The average Bonchev–Trinajstić information content (AvgIpc) is 2.53. The molecular weight excluding hydrogens is 286 g/mol. The Hall–Kier alpha value is -3.15. The number of rotatable bonds is 4. The quantitative estimate of drug-likeness (QED) is 0.665. The highest BCUT2D eigenvalue weighted by molar-refractivity contribution is 5.96. The van der Waals surface area contributed by atoms with Crippen molar-refractivity contribution in [3.8, 4) is 11.1 Å². The first-order valence-electron chi connectivity index (χ1n) is 6.43. The minimum Gasteiger partial charge on any atom is -0.481 e. The summed E-state index contributed by atoms with van der Waals surface area (Å²) in [5.41, 5.74) is 4.17. The Bertz CT molecular complexity index is 679. The molecule has 0 spiro atoms. The van der Waals surface area contributed by atoms with Crippen LogP contribution in [-0.2, 0) is 14.4 Å². The lowest BCUT2D eigenvalue weighted by Crippen LogP contribution is -2.28. The van der Waals surface area contributed by atoms with Crippen molar-refractivity contribution in [2.45, 2.75) is 6.42 Å². The molecule has 0 aliphatic rings. The zero-order valence-corrected chi connectivity index (χ0v) is 11.5. The number of hydrogen-bond acceptors (Lipinski definition) is 4. The van der Waals surface area contributed by atoms with Crippen molar-refractivity contribution in [1.82, 2.24) is 5.48 Å². The van der Waals surface area contributed by atoms with Crippen LogP contribution < -0.4 is 5.48 Å². The maximum absolute atomic E-state index is 11.7. The Morgan fingerprint density at radius 2 is 1.50 bits per heavy atom. The Morgan fingerprint density at radius 1 is 0.909 bits per heavy atom. The van der Waals surface area contributed by atoms with Gasteiger partial charge in [-0.1, -0.05) is 42.5 Å². The first kappa shape index (κ1) is 15.2. The van der Waals surface area contributed by atoms with E-state index in [1.54, 1.807) is 24.3 Å². The standard InChI is InChI=1S/C16H13NO5/c18-14(19)10-15(20)22-17-16(21)13-8-6-12(7-9-13)11-4-2-1-3-5-11/h1-9H,10H2,(H,17,21)(H,18,19). The molecule has 22 heavy (non-hydrogen) atoms. The SMILES string of the molecule is O=C(O)CC(=O)ONC(=O)c1ccc(-c2ccccc2)cc1. The lowest BCUT2D eigenvalue weighted by Gasteiger charge is -2.06. The number of carbonyl (C=O) groups is 3. The number of carbonyl (C=O) groups excluding carboxylic acids is 2. The molecule has 0 aromatic heterocycles. The minimum absolute atomic E-state index is 0.294. The van der Waals surface area contributed by atoms with E-state index < -0.39 is 24.3 Å². The van der Waals surface area contributed by atoms with Gasteiger partial charge in [0.1, 0.15) is 6.42 Å². The summed E-state index contributed by atoms with van der Waals surface area (Å²) in [6, 6.07) is 16.3. The van der Waals surface area contributed by atoms with E-state index in [1.165, 1.54) is 0 Å². The molecule has 0 saturated heterocycles. The molecule has 0 bridgehead atoms. The van der Waals surface area contributed by atoms with Gasteiger partial charge in [0.15, 0.2) is 0 Å². The summed E-state index contributed by atoms with van der Waals surface area (Å²) in [5, 5.41) is 8.39. The summed E-state index contributed by atoms with van der Waals surface area (Å²) in [6.07, 6.45) is -0.812. The van der Waals surface area contributed by atoms with E-state index in [1.807, 2.05) is 35.8 Å². The van der Waals surface area contributed by atoms with Crippen LogP contribution in [0, 0.1) is 0 Å². The molecule has 2 aromatic carbocycles. The molecule has 2 rings (SSSR count). The van der Waals surface area contributed by atoms with E-state index in [4.69, 9.17) is 5.11 Å². The van der Waals surface area contributed by atoms with Gasteiger partial charge in [-0.15, -0.1) is 0 Å². The van der Waals surface area contributed by atoms with E-state index in [-0.39, 0.29) is 0 Å². The second kappa shape index (κ2) is 7.03. The molecule has 0 radical (unpaired) electrons. The van der Waals surface area contributed by atoms with Crippen molar-refractivity contribution in [3.05, 3.63) is 60.2 Å². The molecule has 0 fully saturated rings. The van der Waals surface area contributed by atoms with Gasteiger partial charge in [0.05, 0.1) is 0 Å². The van der Waals surface area contributed by atoms with Crippen LogP contribution in [0.5, 0.6) is 0 Å². The number of carboxylic acids is 1. The Balaban J connectivity index is 1.97. The number of hydroxylamine groups is 1. The highest BCUT2D eigenvalue weighted by Gasteiger charge is 2.12. The van der Waals surface area contributed by atoms with E-state index in [0.29, 0.717) is 5.56 Å². The fourth-order valence-electron chi connectivity index (χ4n) is 1.77. The normalized spacial score (nSPS) is 9.82. The van der Waals surface area contributed by atoms with Gasteiger partial charge in [0.2, 0.25) is 0 Å². The van der Waals surface area contributed by atoms with Crippen molar-refractivity contribution in [3.63, 3.8) is 0 Å². The summed E-state index contributed by atoms with van der Waals surface area (Å²) in [5.74, 6) is -2.99. The molecule has 112 valence electrons. The summed E-state index contributed by atoms with van der Waals surface area (Å²) in [4.78, 5) is 37.4. The number of carboxylic acid groups (broad SMARTS) is 1. The van der Waals surface area contributed by atoms with Crippen LogP contribution in [0.15, 0.2) is 54.6 Å². The highest BCUT2D eigenvalue weighted by Crippen LogP contribution is 2.19. The van der Waals surface area contributed by atoms with Crippen molar-refractivity contribution in [2.24, 2.45) is 0 Å².